The highest BCUT2D eigenvalue weighted by molar-refractivity contribution is 14.0. The maximum atomic E-state index is 5.36. The molecular weight excluding hydrogens is 471 g/mol. The number of rotatable bonds is 6. The summed E-state index contributed by atoms with van der Waals surface area (Å²) in [5, 5.41) is 6.69. The van der Waals surface area contributed by atoms with Crippen molar-refractivity contribution in [3.05, 3.63) is 34.3 Å². The van der Waals surface area contributed by atoms with Gasteiger partial charge >= 0.3 is 0 Å². The van der Waals surface area contributed by atoms with Crippen LogP contribution in [0.5, 0.6) is 0 Å². The smallest absolute Gasteiger partial charge is 0.191 e. The van der Waals surface area contributed by atoms with Gasteiger partial charge in [-0.05, 0) is 24.6 Å². The monoisotopic (exact) mass is 496 g/mol. The minimum Gasteiger partial charge on any atom is -0.379 e. The zero-order chi connectivity index (χ0) is 15.6. The second-order valence-electron chi connectivity index (χ2n) is 5.21. The van der Waals surface area contributed by atoms with Crippen LogP contribution in [0.2, 0.25) is 0 Å². The standard InChI is InChI=1S/C16H25BrN4O.HI/c1-2-18-16(19-6-7-21-8-10-22-11-9-21)20-13-14-4-3-5-15(17)12-14;/h3-5,12H,2,6-11,13H2,1H3,(H2,18,19,20);1H. The van der Waals surface area contributed by atoms with E-state index in [9.17, 15) is 0 Å². The van der Waals surface area contributed by atoms with E-state index in [1.54, 1.807) is 0 Å². The van der Waals surface area contributed by atoms with E-state index < -0.39 is 0 Å². The van der Waals surface area contributed by atoms with Crippen molar-refractivity contribution < 1.29 is 4.74 Å². The maximum Gasteiger partial charge on any atom is 0.191 e. The van der Waals surface area contributed by atoms with E-state index in [2.05, 4.69) is 55.5 Å². The number of nitrogens with one attached hydrogen (secondary N) is 2. The maximum absolute atomic E-state index is 5.36. The summed E-state index contributed by atoms with van der Waals surface area (Å²) >= 11 is 3.49. The van der Waals surface area contributed by atoms with Gasteiger partial charge in [-0.2, -0.15) is 0 Å². The first-order valence-electron chi connectivity index (χ1n) is 7.84. The molecule has 0 aliphatic carbocycles. The molecule has 0 radical (unpaired) electrons. The van der Waals surface area contributed by atoms with E-state index in [1.807, 2.05) is 12.1 Å². The number of hydrogen-bond donors (Lipinski definition) is 2. The molecule has 1 saturated heterocycles. The van der Waals surface area contributed by atoms with Crippen LogP contribution in [0.4, 0.5) is 0 Å². The molecule has 1 fully saturated rings. The first-order chi connectivity index (χ1) is 10.8. The zero-order valence-corrected chi connectivity index (χ0v) is 17.5. The third-order valence-corrected chi connectivity index (χ3v) is 3.97. The van der Waals surface area contributed by atoms with Crippen LogP contribution in [-0.2, 0) is 11.3 Å². The molecule has 5 nitrogen and oxygen atoms in total. The first kappa shape index (κ1) is 20.7. The molecule has 23 heavy (non-hydrogen) atoms. The minimum atomic E-state index is 0. The highest BCUT2D eigenvalue weighted by atomic mass is 127. The molecule has 0 atom stereocenters. The molecule has 0 saturated carbocycles. The molecule has 0 bridgehead atoms. The van der Waals surface area contributed by atoms with Gasteiger partial charge in [0.15, 0.2) is 5.96 Å². The van der Waals surface area contributed by atoms with E-state index >= 15 is 0 Å². The number of halogens is 2. The summed E-state index contributed by atoms with van der Waals surface area (Å²) in [6.45, 7) is 9.26. The van der Waals surface area contributed by atoms with E-state index in [0.29, 0.717) is 6.54 Å². The Hall–Kier alpha value is -0.380. The number of aliphatic imine (C=N–C) groups is 1. The van der Waals surface area contributed by atoms with Gasteiger partial charge in [0.25, 0.3) is 0 Å². The molecule has 0 aromatic heterocycles. The Kier molecular flexibility index (Phi) is 10.8. The van der Waals surface area contributed by atoms with Crippen LogP contribution in [0.15, 0.2) is 33.7 Å². The van der Waals surface area contributed by atoms with Crippen molar-refractivity contribution in [2.75, 3.05) is 45.9 Å². The zero-order valence-electron chi connectivity index (χ0n) is 13.6. The normalized spacial score (nSPS) is 15.8. The number of nitrogens with zero attached hydrogens (tertiary/aromatic N) is 2. The van der Waals surface area contributed by atoms with Gasteiger partial charge in [0, 0.05) is 37.2 Å². The minimum absolute atomic E-state index is 0. The van der Waals surface area contributed by atoms with E-state index in [0.717, 1.165) is 56.4 Å². The predicted molar refractivity (Wildman–Crippen MR) is 110 cm³/mol. The van der Waals surface area contributed by atoms with Crippen LogP contribution in [0, 0.1) is 0 Å². The second kappa shape index (κ2) is 12.0. The van der Waals surface area contributed by atoms with Gasteiger partial charge in [0.2, 0.25) is 0 Å². The van der Waals surface area contributed by atoms with Gasteiger partial charge in [0.05, 0.1) is 19.8 Å². The summed E-state index contributed by atoms with van der Waals surface area (Å²) in [5.41, 5.74) is 1.19. The summed E-state index contributed by atoms with van der Waals surface area (Å²) in [6.07, 6.45) is 0. The summed E-state index contributed by atoms with van der Waals surface area (Å²) in [4.78, 5) is 7.05. The van der Waals surface area contributed by atoms with E-state index in [-0.39, 0.29) is 24.0 Å². The molecule has 0 spiro atoms. The molecule has 1 aromatic rings. The van der Waals surface area contributed by atoms with Crippen molar-refractivity contribution in [1.82, 2.24) is 15.5 Å². The van der Waals surface area contributed by atoms with Gasteiger partial charge in [-0.25, -0.2) is 4.99 Å². The molecule has 2 N–H and O–H groups in total. The SMILES string of the molecule is CCNC(=NCc1cccc(Br)c1)NCCN1CCOCC1.I. The quantitative estimate of drug-likeness (QED) is 0.361. The molecule has 1 aromatic carbocycles. The van der Waals surface area contributed by atoms with Gasteiger partial charge in [-0.15, -0.1) is 24.0 Å². The molecule has 0 amide bonds. The first-order valence-corrected chi connectivity index (χ1v) is 8.64. The van der Waals surface area contributed by atoms with Gasteiger partial charge in [-0.1, -0.05) is 28.1 Å². The lowest BCUT2D eigenvalue weighted by Crippen LogP contribution is -2.44. The van der Waals surface area contributed by atoms with Gasteiger partial charge in [0.1, 0.15) is 0 Å². The molecule has 130 valence electrons. The summed E-state index contributed by atoms with van der Waals surface area (Å²) in [5.74, 6) is 0.871. The Bertz CT molecular complexity index is 481. The van der Waals surface area contributed by atoms with Crippen LogP contribution >= 0.6 is 39.9 Å². The third-order valence-electron chi connectivity index (χ3n) is 3.48. The lowest BCUT2D eigenvalue weighted by Gasteiger charge is -2.26. The number of morpholine rings is 1. The lowest BCUT2D eigenvalue weighted by molar-refractivity contribution is 0.0389. The van der Waals surface area contributed by atoms with Gasteiger partial charge < -0.3 is 15.4 Å². The van der Waals surface area contributed by atoms with Crippen molar-refractivity contribution in [3.63, 3.8) is 0 Å². The highest BCUT2D eigenvalue weighted by Gasteiger charge is 2.09. The molecule has 2 rings (SSSR count). The molecule has 1 aliphatic heterocycles. The Labute approximate surface area is 164 Å². The average Bonchev–Trinajstić information content (AvgIpc) is 2.54. The fraction of sp³-hybridized carbons (Fsp3) is 0.562. The van der Waals surface area contributed by atoms with Crippen molar-refractivity contribution in [2.45, 2.75) is 13.5 Å². The Morgan fingerprint density at radius 2 is 2.09 bits per heavy atom. The van der Waals surface area contributed by atoms with Crippen LogP contribution in [-0.4, -0.2) is 56.8 Å². The van der Waals surface area contributed by atoms with Crippen molar-refractivity contribution >= 4 is 45.9 Å². The number of guanidine groups is 1. The van der Waals surface area contributed by atoms with E-state index in [4.69, 9.17) is 4.74 Å². The van der Waals surface area contributed by atoms with Crippen LogP contribution in [0.1, 0.15) is 12.5 Å². The Morgan fingerprint density at radius 1 is 1.30 bits per heavy atom. The number of hydrogen-bond acceptors (Lipinski definition) is 3. The lowest BCUT2D eigenvalue weighted by atomic mass is 10.2. The summed E-state index contributed by atoms with van der Waals surface area (Å²) < 4.78 is 6.45. The Balaban J connectivity index is 0.00000264. The Morgan fingerprint density at radius 3 is 2.78 bits per heavy atom. The number of ether oxygens (including phenoxy) is 1. The van der Waals surface area contributed by atoms with Crippen molar-refractivity contribution in [2.24, 2.45) is 4.99 Å². The average molecular weight is 497 g/mol. The molecule has 1 aliphatic rings. The van der Waals surface area contributed by atoms with E-state index in [1.165, 1.54) is 5.56 Å². The fourth-order valence-corrected chi connectivity index (χ4v) is 2.75. The largest absolute Gasteiger partial charge is 0.379 e. The van der Waals surface area contributed by atoms with Crippen LogP contribution in [0.25, 0.3) is 0 Å². The predicted octanol–water partition coefficient (Wildman–Crippen LogP) is 2.45. The van der Waals surface area contributed by atoms with Crippen LogP contribution in [0.3, 0.4) is 0 Å². The highest BCUT2D eigenvalue weighted by Crippen LogP contribution is 2.12. The summed E-state index contributed by atoms with van der Waals surface area (Å²) in [6, 6.07) is 8.25. The van der Waals surface area contributed by atoms with Crippen molar-refractivity contribution in [3.8, 4) is 0 Å². The molecule has 1 heterocycles. The molecule has 7 heteroatoms. The van der Waals surface area contributed by atoms with Crippen LogP contribution < -0.4 is 10.6 Å². The summed E-state index contributed by atoms with van der Waals surface area (Å²) in [7, 11) is 0. The number of benzene rings is 1. The molecular formula is C16H26BrIN4O. The van der Waals surface area contributed by atoms with Gasteiger partial charge in [-0.3, -0.25) is 4.90 Å². The fourth-order valence-electron chi connectivity index (χ4n) is 2.30. The molecule has 0 unspecified atom stereocenters. The third kappa shape index (κ3) is 8.32. The topological polar surface area (TPSA) is 48.9 Å². The van der Waals surface area contributed by atoms with Crippen molar-refractivity contribution in [1.29, 1.82) is 0 Å². The second-order valence-corrected chi connectivity index (χ2v) is 6.12.